The minimum absolute atomic E-state index is 0.0348. The number of thiazole rings is 1. The SMILES string of the molecule is Nc1cc(Cl)c(F)cc1NCCc1cscn1. The van der Waals surface area contributed by atoms with Gasteiger partial charge in [-0.05, 0) is 6.07 Å². The van der Waals surface area contributed by atoms with Crippen LogP contribution in [0.5, 0.6) is 0 Å². The first-order valence-corrected chi connectivity index (χ1v) is 6.34. The summed E-state index contributed by atoms with van der Waals surface area (Å²) >= 11 is 7.16. The smallest absolute Gasteiger partial charge is 0.143 e. The Morgan fingerprint density at radius 2 is 2.29 bits per heavy atom. The van der Waals surface area contributed by atoms with Crippen molar-refractivity contribution in [2.45, 2.75) is 6.42 Å². The Balaban J connectivity index is 1.97. The first-order valence-electron chi connectivity index (χ1n) is 5.02. The van der Waals surface area contributed by atoms with Gasteiger partial charge in [0.1, 0.15) is 5.82 Å². The average Bonchev–Trinajstić information content (AvgIpc) is 2.78. The summed E-state index contributed by atoms with van der Waals surface area (Å²) in [5.41, 5.74) is 9.51. The third-order valence-corrected chi connectivity index (χ3v) is 3.20. The molecule has 0 aliphatic heterocycles. The van der Waals surface area contributed by atoms with Gasteiger partial charge in [0.2, 0.25) is 0 Å². The van der Waals surface area contributed by atoms with Gasteiger partial charge in [-0.3, -0.25) is 0 Å². The molecule has 90 valence electrons. The largest absolute Gasteiger partial charge is 0.397 e. The molecular weight excluding hydrogens is 261 g/mol. The minimum atomic E-state index is -0.475. The second-order valence-corrected chi connectivity index (χ2v) is 4.64. The van der Waals surface area contributed by atoms with E-state index in [9.17, 15) is 4.39 Å². The molecule has 1 aromatic heterocycles. The van der Waals surface area contributed by atoms with Gasteiger partial charge in [0, 0.05) is 24.4 Å². The molecule has 0 unspecified atom stereocenters. The Kier molecular flexibility index (Phi) is 3.81. The van der Waals surface area contributed by atoms with E-state index in [2.05, 4.69) is 10.3 Å². The van der Waals surface area contributed by atoms with E-state index in [4.69, 9.17) is 17.3 Å². The van der Waals surface area contributed by atoms with E-state index in [-0.39, 0.29) is 5.02 Å². The highest BCUT2D eigenvalue weighted by Gasteiger charge is 2.05. The molecule has 3 nitrogen and oxygen atoms in total. The fourth-order valence-corrected chi connectivity index (χ4v) is 2.17. The number of nitrogens with two attached hydrogens (primary N) is 1. The van der Waals surface area contributed by atoms with Crippen LogP contribution in [0.1, 0.15) is 5.69 Å². The van der Waals surface area contributed by atoms with Crippen molar-refractivity contribution in [3.05, 3.63) is 39.6 Å². The fraction of sp³-hybridized carbons (Fsp3) is 0.182. The van der Waals surface area contributed by atoms with E-state index in [1.54, 1.807) is 16.8 Å². The first kappa shape index (κ1) is 12.1. The monoisotopic (exact) mass is 271 g/mol. The van der Waals surface area contributed by atoms with Crippen LogP contribution in [-0.4, -0.2) is 11.5 Å². The van der Waals surface area contributed by atoms with Crippen LogP contribution in [0.25, 0.3) is 0 Å². The first-order chi connectivity index (χ1) is 8.16. The second-order valence-electron chi connectivity index (χ2n) is 3.51. The molecule has 2 aromatic rings. The highest BCUT2D eigenvalue weighted by Crippen LogP contribution is 2.25. The number of rotatable bonds is 4. The minimum Gasteiger partial charge on any atom is -0.397 e. The molecular formula is C11H11ClFN3S. The number of halogens is 2. The number of anilines is 2. The third kappa shape index (κ3) is 3.08. The molecule has 0 saturated carbocycles. The van der Waals surface area contributed by atoms with Gasteiger partial charge in [-0.25, -0.2) is 9.37 Å². The molecule has 6 heteroatoms. The average molecular weight is 272 g/mol. The molecule has 0 amide bonds. The Morgan fingerprint density at radius 1 is 1.47 bits per heavy atom. The number of aromatic nitrogens is 1. The summed E-state index contributed by atoms with van der Waals surface area (Å²) in [6, 6.07) is 2.71. The lowest BCUT2D eigenvalue weighted by molar-refractivity contribution is 0.629. The van der Waals surface area contributed by atoms with Crippen LogP contribution in [0.15, 0.2) is 23.0 Å². The number of nitrogens with zero attached hydrogens (tertiary/aromatic N) is 1. The molecule has 0 aliphatic rings. The van der Waals surface area contributed by atoms with E-state index in [1.807, 2.05) is 5.38 Å². The lowest BCUT2D eigenvalue weighted by atomic mass is 10.2. The maximum Gasteiger partial charge on any atom is 0.143 e. The van der Waals surface area contributed by atoms with Crippen molar-refractivity contribution < 1.29 is 4.39 Å². The van der Waals surface area contributed by atoms with Crippen molar-refractivity contribution in [3.63, 3.8) is 0 Å². The van der Waals surface area contributed by atoms with Gasteiger partial charge < -0.3 is 11.1 Å². The Morgan fingerprint density at radius 3 is 3.00 bits per heavy atom. The highest BCUT2D eigenvalue weighted by atomic mass is 35.5. The molecule has 0 saturated heterocycles. The van der Waals surface area contributed by atoms with Gasteiger partial charge in [-0.2, -0.15) is 0 Å². The van der Waals surface area contributed by atoms with Gasteiger partial charge in [-0.1, -0.05) is 11.6 Å². The zero-order chi connectivity index (χ0) is 12.3. The Labute approximate surface area is 107 Å². The van der Waals surface area contributed by atoms with E-state index in [0.717, 1.165) is 12.1 Å². The number of hydrogen-bond donors (Lipinski definition) is 2. The number of nitrogen functional groups attached to an aromatic ring is 1. The maximum atomic E-state index is 13.2. The lowest BCUT2D eigenvalue weighted by Gasteiger charge is -2.09. The molecule has 0 atom stereocenters. The maximum absolute atomic E-state index is 13.2. The lowest BCUT2D eigenvalue weighted by Crippen LogP contribution is -2.07. The van der Waals surface area contributed by atoms with Crippen LogP contribution in [0.2, 0.25) is 5.02 Å². The quantitative estimate of drug-likeness (QED) is 0.840. The normalized spacial score (nSPS) is 10.5. The zero-order valence-electron chi connectivity index (χ0n) is 8.91. The molecule has 17 heavy (non-hydrogen) atoms. The van der Waals surface area contributed by atoms with Gasteiger partial charge in [0.25, 0.3) is 0 Å². The predicted molar refractivity (Wildman–Crippen MR) is 70.1 cm³/mol. The summed E-state index contributed by atoms with van der Waals surface area (Å²) in [5.74, 6) is -0.475. The van der Waals surface area contributed by atoms with E-state index in [0.29, 0.717) is 17.9 Å². The Hall–Kier alpha value is -1.33. The van der Waals surface area contributed by atoms with Gasteiger partial charge in [-0.15, -0.1) is 11.3 Å². The number of nitrogens with one attached hydrogen (secondary N) is 1. The van der Waals surface area contributed by atoms with Crippen LogP contribution in [0, 0.1) is 5.82 Å². The summed E-state index contributed by atoms with van der Waals surface area (Å²) in [4.78, 5) is 4.15. The van der Waals surface area contributed by atoms with Gasteiger partial charge in [0.05, 0.1) is 27.6 Å². The molecule has 0 bridgehead atoms. The summed E-state index contributed by atoms with van der Waals surface area (Å²) in [6.07, 6.45) is 0.771. The van der Waals surface area contributed by atoms with Crippen molar-refractivity contribution in [3.8, 4) is 0 Å². The topological polar surface area (TPSA) is 50.9 Å². The molecule has 1 aromatic carbocycles. The Bertz CT molecular complexity index is 502. The molecule has 1 heterocycles. The molecule has 0 spiro atoms. The zero-order valence-corrected chi connectivity index (χ0v) is 10.5. The van der Waals surface area contributed by atoms with Gasteiger partial charge >= 0.3 is 0 Å². The highest BCUT2D eigenvalue weighted by molar-refractivity contribution is 7.07. The molecule has 2 rings (SSSR count). The molecule has 0 aliphatic carbocycles. The van der Waals surface area contributed by atoms with Crippen molar-refractivity contribution in [1.29, 1.82) is 0 Å². The number of hydrogen-bond acceptors (Lipinski definition) is 4. The summed E-state index contributed by atoms with van der Waals surface area (Å²) in [6.45, 7) is 0.648. The van der Waals surface area contributed by atoms with Crippen molar-refractivity contribution in [2.24, 2.45) is 0 Å². The van der Waals surface area contributed by atoms with Crippen LogP contribution in [0.3, 0.4) is 0 Å². The summed E-state index contributed by atoms with van der Waals surface area (Å²) in [7, 11) is 0. The van der Waals surface area contributed by atoms with Crippen molar-refractivity contribution in [2.75, 3.05) is 17.6 Å². The number of benzene rings is 1. The van der Waals surface area contributed by atoms with E-state index in [1.165, 1.54) is 12.1 Å². The van der Waals surface area contributed by atoms with E-state index < -0.39 is 5.82 Å². The van der Waals surface area contributed by atoms with E-state index >= 15 is 0 Å². The second kappa shape index (κ2) is 5.33. The fourth-order valence-electron chi connectivity index (χ4n) is 1.40. The van der Waals surface area contributed by atoms with Crippen molar-refractivity contribution >= 4 is 34.3 Å². The summed E-state index contributed by atoms with van der Waals surface area (Å²) in [5, 5.41) is 5.07. The standard InChI is InChI=1S/C11H11ClFN3S/c12-8-3-10(14)11(4-9(8)13)15-2-1-7-5-17-6-16-7/h3-6,15H,1-2,14H2. The summed E-state index contributed by atoms with van der Waals surface area (Å²) < 4.78 is 13.2. The van der Waals surface area contributed by atoms with Crippen LogP contribution in [0.4, 0.5) is 15.8 Å². The predicted octanol–water partition coefficient (Wildman–Crippen LogP) is 3.17. The van der Waals surface area contributed by atoms with Crippen molar-refractivity contribution in [1.82, 2.24) is 4.98 Å². The van der Waals surface area contributed by atoms with Crippen LogP contribution < -0.4 is 11.1 Å². The van der Waals surface area contributed by atoms with Gasteiger partial charge in [0.15, 0.2) is 0 Å². The van der Waals surface area contributed by atoms with Crippen LogP contribution >= 0.6 is 22.9 Å². The molecule has 3 N–H and O–H groups in total. The molecule has 0 fully saturated rings. The third-order valence-electron chi connectivity index (χ3n) is 2.27. The van der Waals surface area contributed by atoms with Crippen LogP contribution in [-0.2, 0) is 6.42 Å². The molecule has 0 radical (unpaired) electrons.